The van der Waals surface area contributed by atoms with Crippen LogP contribution in [0.5, 0.6) is 0 Å². The first kappa shape index (κ1) is 17.0. The highest BCUT2D eigenvalue weighted by Gasteiger charge is 2.21. The summed E-state index contributed by atoms with van der Waals surface area (Å²) in [4.78, 5) is 4.63. The molecule has 0 bridgehead atoms. The van der Waals surface area contributed by atoms with Crippen LogP contribution in [-0.2, 0) is 6.42 Å². The molecule has 1 aromatic carbocycles. The third-order valence-electron chi connectivity index (χ3n) is 5.56. The maximum absolute atomic E-state index is 4.63. The van der Waals surface area contributed by atoms with E-state index in [1.54, 1.807) is 0 Å². The lowest BCUT2D eigenvalue weighted by atomic mass is 9.78. The largest absolute Gasteiger partial charge is 0.256 e. The van der Waals surface area contributed by atoms with Crippen molar-refractivity contribution in [2.45, 2.75) is 57.8 Å². The molecular formula is C23H29N. The number of allylic oxidation sites excluding steroid dienone is 1. The normalized spacial score (nSPS) is 20.7. The molecule has 0 unspecified atom stereocenters. The third-order valence-corrected chi connectivity index (χ3v) is 5.56. The Labute approximate surface area is 146 Å². The molecule has 1 aliphatic rings. The summed E-state index contributed by atoms with van der Waals surface area (Å²) < 4.78 is 0. The van der Waals surface area contributed by atoms with Gasteiger partial charge in [0.05, 0.1) is 5.69 Å². The molecule has 1 heteroatoms. The Bertz CT molecular complexity index is 631. The van der Waals surface area contributed by atoms with Crippen molar-refractivity contribution in [2.75, 3.05) is 0 Å². The molecule has 0 aliphatic heterocycles. The van der Waals surface area contributed by atoms with Gasteiger partial charge < -0.3 is 0 Å². The molecule has 0 atom stereocenters. The monoisotopic (exact) mass is 319 g/mol. The highest BCUT2D eigenvalue weighted by molar-refractivity contribution is 5.59. The minimum absolute atomic E-state index is 0.760. The molecule has 3 rings (SSSR count). The number of rotatable bonds is 6. The second-order valence-electron chi connectivity index (χ2n) is 7.13. The van der Waals surface area contributed by atoms with Crippen LogP contribution in [-0.4, -0.2) is 4.98 Å². The van der Waals surface area contributed by atoms with E-state index >= 15 is 0 Å². The van der Waals surface area contributed by atoms with Crippen molar-refractivity contribution in [3.8, 4) is 11.3 Å². The van der Waals surface area contributed by atoms with Crippen molar-refractivity contribution in [1.29, 1.82) is 0 Å². The molecule has 126 valence electrons. The van der Waals surface area contributed by atoms with E-state index in [0.717, 1.165) is 30.4 Å². The molecule has 0 radical (unpaired) electrons. The van der Waals surface area contributed by atoms with Crippen molar-refractivity contribution >= 4 is 0 Å². The molecule has 1 fully saturated rings. The summed E-state index contributed by atoms with van der Waals surface area (Å²) in [6, 6.07) is 13.4. The molecule has 24 heavy (non-hydrogen) atoms. The predicted molar refractivity (Wildman–Crippen MR) is 103 cm³/mol. The van der Waals surface area contributed by atoms with E-state index in [0.29, 0.717) is 0 Å². The molecule has 0 amide bonds. The maximum Gasteiger partial charge on any atom is 0.0702 e. The SMILES string of the molecule is C=CCCc1ccc(-c2ccc(C3CCC(CC)CC3)cc2)nc1. The molecule has 0 saturated heterocycles. The van der Waals surface area contributed by atoms with Gasteiger partial charge >= 0.3 is 0 Å². The van der Waals surface area contributed by atoms with Crippen LogP contribution in [0, 0.1) is 5.92 Å². The van der Waals surface area contributed by atoms with Crippen molar-refractivity contribution in [3.63, 3.8) is 0 Å². The zero-order chi connectivity index (χ0) is 16.8. The van der Waals surface area contributed by atoms with E-state index in [1.165, 1.54) is 48.8 Å². The molecule has 0 N–H and O–H groups in total. The highest BCUT2D eigenvalue weighted by atomic mass is 14.7. The summed E-state index contributed by atoms with van der Waals surface area (Å²) in [5, 5.41) is 0. The van der Waals surface area contributed by atoms with Crippen LogP contribution >= 0.6 is 0 Å². The van der Waals surface area contributed by atoms with Crippen molar-refractivity contribution in [2.24, 2.45) is 5.92 Å². The average Bonchev–Trinajstić information content (AvgIpc) is 2.67. The van der Waals surface area contributed by atoms with E-state index in [2.05, 4.69) is 54.9 Å². The number of aryl methyl sites for hydroxylation is 1. The van der Waals surface area contributed by atoms with E-state index in [4.69, 9.17) is 0 Å². The Hall–Kier alpha value is -1.89. The zero-order valence-corrected chi connectivity index (χ0v) is 14.9. The lowest BCUT2D eigenvalue weighted by Gasteiger charge is -2.28. The van der Waals surface area contributed by atoms with Crippen LogP contribution in [0.15, 0.2) is 55.3 Å². The van der Waals surface area contributed by atoms with Crippen LogP contribution in [0.1, 0.15) is 62.5 Å². The first-order valence-corrected chi connectivity index (χ1v) is 9.46. The Morgan fingerprint density at radius 2 is 1.79 bits per heavy atom. The fourth-order valence-corrected chi connectivity index (χ4v) is 3.84. The quantitative estimate of drug-likeness (QED) is 0.550. The van der Waals surface area contributed by atoms with Gasteiger partial charge in [-0.1, -0.05) is 49.8 Å². The van der Waals surface area contributed by atoms with Crippen molar-refractivity contribution in [3.05, 3.63) is 66.4 Å². The first-order chi connectivity index (χ1) is 11.8. The summed E-state index contributed by atoms with van der Waals surface area (Å²) >= 11 is 0. The smallest absolute Gasteiger partial charge is 0.0702 e. The Morgan fingerprint density at radius 3 is 2.38 bits per heavy atom. The average molecular weight is 319 g/mol. The first-order valence-electron chi connectivity index (χ1n) is 9.46. The van der Waals surface area contributed by atoms with E-state index in [-0.39, 0.29) is 0 Å². The number of benzene rings is 1. The maximum atomic E-state index is 4.63. The Morgan fingerprint density at radius 1 is 1.04 bits per heavy atom. The van der Waals surface area contributed by atoms with Gasteiger partial charge in [0.1, 0.15) is 0 Å². The van der Waals surface area contributed by atoms with Gasteiger partial charge in [-0.2, -0.15) is 0 Å². The fourth-order valence-electron chi connectivity index (χ4n) is 3.84. The van der Waals surface area contributed by atoms with Crippen LogP contribution < -0.4 is 0 Å². The summed E-state index contributed by atoms with van der Waals surface area (Å²) in [5.74, 6) is 1.72. The standard InChI is InChI=1S/C23H29N/c1-3-5-6-19-9-16-23(24-17-19)22-14-12-21(13-15-22)20-10-7-18(4-2)8-11-20/h3,9,12-18,20H,1,4-8,10-11H2,2H3. The number of hydrogen-bond acceptors (Lipinski definition) is 1. The summed E-state index contributed by atoms with van der Waals surface area (Å²) in [5.41, 5.74) is 5.08. The molecule has 1 heterocycles. The Kier molecular flexibility index (Phi) is 5.85. The molecule has 1 aromatic heterocycles. The molecule has 1 nitrogen and oxygen atoms in total. The number of hydrogen-bond donors (Lipinski definition) is 0. The van der Waals surface area contributed by atoms with Crippen LogP contribution in [0.4, 0.5) is 0 Å². The van der Waals surface area contributed by atoms with Gasteiger partial charge in [0.15, 0.2) is 0 Å². The highest BCUT2D eigenvalue weighted by Crippen LogP contribution is 2.37. The summed E-state index contributed by atoms with van der Waals surface area (Å²) in [6.07, 6.45) is 12.8. The molecule has 0 spiro atoms. The van der Waals surface area contributed by atoms with Gasteiger partial charge in [0.25, 0.3) is 0 Å². The number of pyridine rings is 1. The minimum Gasteiger partial charge on any atom is -0.256 e. The Balaban J connectivity index is 1.65. The van der Waals surface area contributed by atoms with Crippen molar-refractivity contribution in [1.82, 2.24) is 4.98 Å². The summed E-state index contributed by atoms with van der Waals surface area (Å²) in [7, 11) is 0. The second-order valence-corrected chi connectivity index (χ2v) is 7.13. The van der Waals surface area contributed by atoms with Crippen LogP contribution in [0.2, 0.25) is 0 Å². The van der Waals surface area contributed by atoms with E-state index in [9.17, 15) is 0 Å². The van der Waals surface area contributed by atoms with E-state index in [1.807, 2.05) is 12.3 Å². The van der Waals surface area contributed by atoms with E-state index < -0.39 is 0 Å². The second kappa shape index (κ2) is 8.28. The third kappa shape index (κ3) is 4.14. The lowest BCUT2D eigenvalue weighted by molar-refractivity contribution is 0.319. The van der Waals surface area contributed by atoms with Gasteiger partial charge in [-0.3, -0.25) is 4.98 Å². The van der Waals surface area contributed by atoms with Gasteiger partial charge in [0, 0.05) is 11.8 Å². The van der Waals surface area contributed by atoms with Crippen molar-refractivity contribution < 1.29 is 0 Å². The zero-order valence-electron chi connectivity index (χ0n) is 14.9. The van der Waals surface area contributed by atoms with Gasteiger partial charge in [-0.05, 0) is 67.6 Å². The van der Waals surface area contributed by atoms with Crippen LogP contribution in [0.3, 0.4) is 0 Å². The van der Waals surface area contributed by atoms with Gasteiger partial charge in [-0.25, -0.2) is 0 Å². The van der Waals surface area contributed by atoms with Crippen LogP contribution in [0.25, 0.3) is 11.3 Å². The van der Waals surface area contributed by atoms with Gasteiger partial charge in [-0.15, -0.1) is 6.58 Å². The number of aromatic nitrogens is 1. The minimum atomic E-state index is 0.760. The topological polar surface area (TPSA) is 12.9 Å². The van der Waals surface area contributed by atoms with Gasteiger partial charge in [0.2, 0.25) is 0 Å². The molecule has 1 aliphatic carbocycles. The molecule has 1 saturated carbocycles. The molecule has 2 aromatic rings. The lowest BCUT2D eigenvalue weighted by Crippen LogP contribution is -2.12. The fraction of sp³-hybridized carbons (Fsp3) is 0.435. The summed E-state index contributed by atoms with van der Waals surface area (Å²) in [6.45, 7) is 6.10. The molecular weight excluding hydrogens is 290 g/mol. The number of nitrogens with zero attached hydrogens (tertiary/aromatic N) is 1. The predicted octanol–water partition coefficient (Wildman–Crippen LogP) is 6.55.